The molecule has 0 saturated heterocycles. The molecule has 9 heteroatoms. The van der Waals surface area contributed by atoms with Gasteiger partial charge in [-0.1, -0.05) is 23.9 Å². The van der Waals surface area contributed by atoms with E-state index in [4.69, 9.17) is 4.74 Å². The van der Waals surface area contributed by atoms with Gasteiger partial charge >= 0.3 is 0 Å². The second-order valence-electron chi connectivity index (χ2n) is 6.40. The predicted molar refractivity (Wildman–Crippen MR) is 102 cm³/mol. The van der Waals surface area contributed by atoms with Crippen LogP contribution in [0.25, 0.3) is 5.69 Å². The van der Waals surface area contributed by atoms with E-state index in [0.29, 0.717) is 10.7 Å². The number of aromatic nitrogens is 4. The van der Waals surface area contributed by atoms with Crippen molar-refractivity contribution in [3.63, 3.8) is 0 Å². The van der Waals surface area contributed by atoms with Crippen molar-refractivity contribution in [1.29, 1.82) is 0 Å². The number of nitrogens with zero attached hydrogens (tertiary/aromatic N) is 4. The Balaban J connectivity index is 1.62. The number of methoxy groups -OCH3 is 1. The molecule has 1 aromatic heterocycles. The number of rotatable bonds is 7. The molecule has 0 spiro atoms. The lowest BCUT2D eigenvalue weighted by molar-refractivity contribution is -0.120. The molecule has 7 nitrogen and oxygen atoms in total. The molecule has 1 aliphatic carbocycles. The monoisotopic (exact) mass is 399 g/mol. The van der Waals surface area contributed by atoms with Crippen LogP contribution < -0.4 is 10.1 Å². The van der Waals surface area contributed by atoms with Crippen molar-refractivity contribution in [3.05, 3.63) is 59.9 Å². The summed E-state index contributed by atoms with van der Waals surface area (Å²) in [5, 5.41) is 14.7. The highest BCUT2D eigenvalue weighted by molar-refractivity contribution is 8.00. The summed E-state index contributed by atoms with van der Waals surface area (Å²) in [6.45, 7) is 0. The summed E-state index contributed by atoms with van der Waals surface area (Å²) in [4.78, 5) is 12.8. The van der Waals surface area contributed by atoms with E-state index < -0.39 is 5.25 Å². The van der Waals surface area contributed by atoms with Gasteiger partial charge in [-0.15, -0.1) is 5.10 Å². The van der Waals surface area contributed by atoms with Crippen LogP contribution in [0, 0.1) is 5.82 Å². The van der Waals surface area contributed by atoms with Gasteiger partial charge in [-0.25, -0.2) is 4.39 Å². The molecule has 1 N–H and O–H groups in total. The summed E-state index contributed by atoms with van der Waals surface area (Å²) >= 11 is 1.22. The summed E-state index contributed by atoms with van der Waals surface area (Å²) in [6.07, 6.45) is 1.96. The van der Waals surface area contributed by atoms with Crippen molar-refractivity contribution in [2.75, 3.05) is 7.11 Å². The highest BCUT2D eigenvalue weighted by Gasteiger charge is 2.30. The zero-order valence-corrected chi connectivity index (χ0v) is 15.9. The van der Waals surface area contributed by atoms with Crippen molar-refractivity contribution in [3.8, 4) is 11.4 Å². The number of thioether (sulfide) groups is 1. The minimum Gasteiger partial charge on any atom is -0.497 e. The second-order valence-corrected chi connectivity index (χ2v) is 7.48. The first kappa shape index (κ1) is 18.4. The van der Waals surface area contributed by atoms with E-state index in [1.807, 2.05) is 24.3 Å². The molecule has 2 aromatic carbocycles. The van der Waals surface area contributed by atoms with Gasteiger partial charge in [-0.3, -0.25) is 4.79 Å². The first-order valence-corrected chi connectivity index (χ1v) is 9.67. The Morgan fingerprint density at radius 3 is 2.57 bits per heavy atom. The molecular formula is C19H18FN5O2S. The van der Waals surface area contributed by atoms with Gasteiger partial charge in [0.25, 0.3) is 0 Å². The van der Waals surface area contributed by atoms with Crippen molar-refractivity contribution >= 4 is 17.7 Å². The maximum absolute atomic E-state index is 13.3. The summed E-state index contributed by atoms with van der Waals surface area (Å²) in [5.74, 6) is 0.237. The standard InChI is InChI=1S/C19H18FN5O2S/c1-27-16-10-8-15(9-11-16)25-19(22-23-24-25)28-17(18(26)21-14-6-7-14)12-2-4-13(20)5-3-12/h2-5,8-11,14,17H,6-7H2,1H3,(H,21,26)/t17-/m0/s1. The number of ether oxygens (including phenoxy) is 1. The van der Waals surface area contributed by atoms with Crippen LogP contribution in [0.15, 0.2) is 53.7 Å². The third-order valence-corrected chi connectivity index (χ3v) is 5.50. The van der Waals surface area contributed by atoms with E-state index in [2.05, 4.69) is 20.8 Å². The number of hydrogen-bond acceptors (Lipinski definition) is 6. The van der Waals surface area contributed by atoms with Gasteiger partial charge in [0, 0.05) is 6.04 Å². The van der Waals surface area contributed by atoms with Gasteiger partial charge in [-0.05, 0) is 65.2 Å². The first-order chi connectivity index (χ1) is 13.6. The number of halogens is 1. The Bertz CT molecular complexity index is 957. The lowest BCUT2D eigenvalue weighted by atomic mass is 10.1. The molecule has 0 unspecified atom stereocenters. The van der Waals surface area contributed by atoms with E-state index >= 15 is 0 Å². The van der Waals surface area contributed by atoms with Gasteiger partial charge < -0.3 is 10.1 Å². The summed E-state index contributed by atoms with van der Waals surface area (Å²) in [6, 6.07) is 13.4. The smallest absolute Gasteiger partial charge is 0.238 e. The van der Waals surface area contributed by atoms with Crippen molar-refractivity contribution < 1.29 is 13.9 Å². The predicted octanol–water partition coefficient (Wildman–Crippen LogP) is 2.92. The first-order valence-electron chi connectivity index (χ1n) is 8.79. The lowest BCUT2D eigenvalue weighted by Gasteiger charge is -2.16. The Hall–Kier alpha value is -2.94. The minimum atomic E-state index is -0.593. The third-order valence-electron chi connectivity index (χ3n) is 4.32. The summed E-state index contributed by atoms with van der Waals surface area (Å²) in [5.41, 5.74) is 1.43. The molecule has 1 amide bonds. The SMILES string of the molecule is COc1ccc(-n2nnnc2S[C@H](C(=O)NC2CC2)c2ccc(F)cc2)cc1. The van der Waals surface area contributed by atoms with Gasteiger partial charge in [0.2, 0.25) is 11.1 Å². The maximum Gasteiger partial charge on any atom is 0.238 e. The molecule has 1 saturated carbocycles. The summed E-state index contributed by atoms with van der Waals surface area (Å²) < 4.78 is 20.1. The van der Waals surface area contributed by atoms with Crippen LogP contribution in [0.5, 0.6) is 5.75 Å². The quantitative estimate of drug-likeness (QED) is 0.615. The van der Waals surface area contributed by atoms with Crippen LogP contribution in [0.1, 0.15) is 23.7 Å². The molecule has 0 radical (unpaired) electrons. The van der Waals surface area contributed by atoms with Crippen LogP contribution in [0.2, 0.25) is 0 Å². The van der Waals surface area contributed by atoms with Crippen LogP contribution >= 0.6 is 11.8 Å². The van der Waals surface area contributed by atoms with Gasteiger partial charge in [0.05, 0.1) is 12.8 Å². The molecule has 1 heterocycles. The molecule has 0 bridgehead atoms. The average molecular weight is 399 g/mol. The van der Waals surface area contributed by atoms with Crippen molar-refractivity contribution in [2.45, 2.75) is 29.3 Å². The van der Waals surface area contributed by atoms with Crippen molar-refractivity contribution in [1.82, 2.24) is 25.5 Å². The second kappa shape index (κ2) is 7.97. The minimum absolute atomic E-state index is 0.136. The largest absolute Gasteiger partial charge is 0.497 e. The molecule has 144 valence electrons. The van der Waals surface area contributed by atoms with Crippen LogP contribution in [0.4, 0.5) is 4.39 Å². The van der Waals surface area contributed by atoms with Gasteiger partial charge in [-0.2, -0.15) is 4.68 Å². The molecule has 1 aliphatic rings. The highest BCUT2D eigenvalue weighted by Crippen LogP contribution is 2.36. The average Bonchev–Trinajstić information content (AvgIpc) is 3.41. The number of hydrogen-bond donors (Lipinski definition) is 1. The fraction of sp³-hybridized carbons (Fsp3) is 0.263. The van der Waals surface area contributed by atoms with E-state index in [1.54, 1.807) is 23.9 Å². The maximum atomic E-state index is 13.3. The number of tetrazole rings is 1. The lowest BCUT2D eigenvalue weighted by Crippen LogP contribution is -2.30. The van der Waals surface area contributed by atoms with E-state index in [9.17, 15) is 9.18 Å². The number of benzene rings is 2. The van der Waals surface area contributed by atoms with Crippen LogP contribution in [0.3, 0.4) is 0 Å². The Morgan fingerprint density at radius 2 is 1.93 bits per heavy atom. The van der Waals surface area contributed by atoms with E-state index in [-0.39, 0.29) is 17.8 Å². The van der Waals surface area contributed by atoms with Crippen LogP contribution in [-0.4, -0.2) is 39.3 Å². The molecule has 3 aromatic rings. The molecule has 1 fully saturated rings. The zero-order chi connectivity index (χ0) is 19.5. The fourth-order valence-electron chi connectivity index (χ4n) is 2.66. The highest BCUT2D eigenvalue weighted by atomic mass is 32.2. The Morgan fingerprint density at radius 1 is 1.21 bits per heavy atom. The Labute approximate surface area is 165 Å². The normalized spacial score (nSPS) is 14.5. The number of carbonyl (C=O) groups is 1. The molecular weight excluding hydrogens is 381 g/mol. The molecule has 1 atom stereocenters. The number of amides is 1. The molecule has 4 rings (SSSR count). The van der Waals surface area contributed by atoms with E-state index in [1.165, 1.54) is 23.9 Å². The van der Waals surface area contributed by atoms with Gasteiger partial charge in [0.15, 0.2) is 0 Å². The Kier molecular flexibility index (Phi) is 5.25. The third kappa shape index (κ3) is 4.14. The number of carbonyl (C=O) groups excluding carboxylic acids is 1. The zero-order valence-electron chi connectivity index (χ0n) is 15.1. The van der Waals surface area contributed by atoms with Gasteiger partial charge in [0.1, 0.15) is 16.8 Å². The fourth-order valence-corrected chi connectivity index (χ4v) is 3.66. The number of nitrogens with one attached hydrogen (secondary N) is 1. The summed E-state index contributed by atoms with van der Waals surface area (Å²) in [7, 11) is 1.60. The van der Waals surface area contributed by atoms with E-state index in [0.717, 1.165) is 24.3 Å². The topological polar surface area (TPSA) is 81.9 Å². The molecule has 28 heavy (non-hydrogen) atoms. The molecule has 0 aliphatic heterocycles. The van der Waals surface area contributed by atoms with Crippen molar-refractivity contribution in [2.24, 2.45) is 0 Å². The van der Waals surface area contributed by atoms with Crippen LogP contribution in [-0.2, 0) is 4.79 Å².